The van der Waals surface area contributed by atoms with Gasteiger partial charge in [-0.3, -0.25) is 0 Å². The molecule has 0 fully saturated rings. The SMILES string of the molecule is CCc1nc(Oc2ccc(Cl)cc2[C@@H](C)c2ccccc2)c2oc3ccccc3c2n1. The number of ether oxygens (including phenoxy) is 1. The Bertz CT molecular complexity index is 1380. The zero-order valence-corrected chi connectivity index (χ0v) is 18.1. The summed E-state index contributed by atoms with van der Waals surface area (Å²) in [6, 6.07) is 23.8. The van der Waals surface area contributed by atoms with Gasteiger partial charge in [-0.25, -0.2) is 4.98 Å². The normalized spacial score (nSPS) is 12.4. The first-order valence-electron chi connectivity index (χ1n) is 10.3. The van der Waals surface area contributed by atoms with Crippen molar-refractivity contribution >= 4 is 33.7 Å². The number of furan rings is 1. The molecule has 0 saturated carbocycles. The van der Waals surface area contributed by atoms with E-state index in [2.05, 4.69) is 24.0 Å². The zero-order valence-electron chi connectivity index (χ0n) is 17.3. The third kappa shape index (κ3) is 3.64. The predicted octanol–water partition coefficient (Wildman–Crippen LogP) is 7.54. The fourth-order valence-electron chi connectivity index (χ4n) is 3.81. The van der Waals surface area contributed by atoms with Crippen LogP contribution in [0.15, 0.2) is 77.2 Å². The average molecular weight is 429 g/mol. The summed E-state index contributed by atoms with van der Waals surface area (Å²) in [5.74, 6) is 1.92. The number of aromatic nitrogens is 2. The third-order valence-corrected chi connectivity index (χ3v) is 5.73. The number of para-hydroxylation sites is 1. The van der Waals surface area contributed by atoms with Gasteiger partial charge in [0.25, 0.3) is 5.88 Å². The first-order valence-corrected chi connectivity index (χ1v) is 10.7. The Kier molecular flexibility index (Phi) is 5.08. The molecule has 0 unspecified atom stereocenters. The molecule has 0 N–H and O–H groups in total. The molecule has 4 nitrogen and oxygen atoms in total. The highest BCUT2D eigenvalue weighted by molar-refractivity contribution is 6.30. The van der Waals surface area contributed by atoms with Gasteiger partial charge in [-0.05, 0) is 35.9 Å². The second-order valence-electron chi connectivity index (χ2n) is 7.49. The van der Waals surface area contributed by atoms with Crippen LogP contribution in [0.3, 0.4) is 0 Å². The molecule has 0 aliphatic carbocycles. The van der Waals surface area contributed by atoms with E-state index in [0.717, 1.165) is 22.0 Å². The van der Waals surface area contributed by atoms with Gasteiger partial charge >= 0.3 is 0 Å². The lowest BCUT2D eigenvalue weighted by atomic mass is 9.92. The van der Waals surface area contributed by atoms with E-state index in [4.69, 9.17) is 25.7 Å². The predicted molar refractivity (Wildman–Crippen MR) is 124 cm³/mol. The summed E-state index contributed by atoms with van der Waals surface area (Å²) in [6.45, 7) is 4.17. The van der Waals surface area contributed by atoms with Crippen molar-refractivity contribution in [2.45, 2.75) is 26.2 Å². The molecule has 0 amide bonds. The summed E-state index contributed by atoms with van der Waals surface area (Å²) in [5.41, 5.74) is 4.25. The number of rotatable bonds is 5. The lowest BCUT2D eigenvalue weighted by molar-refractivity contribution is 0.447. The Morgan fingerprint density at radius 2 is 1.74 bits per heavy atom. The zero-order chi connectivity index (χ0) is 21.4. The van der Waals surface area contributed by atoms with Crippen LogP contribution in [-0.2, 0) is 6.42 Å². The summed E-state index contributed by atoms with van der Waals surface area (Å²) in [4.78, 5) is 9.34. The van der Waals surface area contributed by atoms with Gasteiger partial charge in [0.15, 0.2) is 0 Å². The van der Waals surface area contributed by atoms with Crippen LogP contribution in [0.25, 0.3) is 22.1 Å². The van der Waals surface area contributed by atoms with E-state index in [1.807, 2.05) is 67.6 Å². The highest BCUT2D eigenvalue weighted by atomic mass is 35.5. The minimum absolute atomic E-state index is 0.0912. The summed E-state index contributed by atoms with van der Waals surface area (Å²) >= 11 is 6.35. The molecule has 0 saturated heterocycles. The molecular formula is C26H21ClN2O2. The van der Waals surface area contributed by atoms with Crippen LogP contribution in [0.1, 0.15) is 36.7 Å². The minimum Gasteiger partial charge on any atom is -0.449 e. The van der Waals surface area contributed by atoms with Gasteiger partial charge in [0, 0.05) is 28.3 Å². The first kappa shape index (κ1) is 19.6. The second-order valence-corrected chi connectivity index (χ2v) is 7.93. The molecule has 5 aromatic rings. The number of benzene rings is 3. The maximum Gasteiger partial charge on any atom is 0.267 e. The maximum atomic E-state index is 6.39. The molecule has 0 aliphatic heterocycles. The summed E-state index contributed by atoms with van der Waals surface area (Å²) in [5, 5.41) is 1.62. The standard InChI is InChI=1S/C26H21ClN2O2/c1-3-23-28-24-19-11-7-8-12-21(19)30-25(24)26(29-23)31-22-14-13-18(27)15-20(22)16(2)17-9-5-4-6-10-17/h4-16H,3H2,1-2H3/t16-/m0/s1. The Balaban J connectivity index is 1.65. The van der Waals surface area contributed by atoms with Crippen LogP contribution in [0.4, 0.5) is 0 Å². The summed E-state index contributed by atoms with van der Waals surface area (Å²) in [6.07, 6.45) is 0.694. The van der Waals surface area contributed by atoms with Gasteiger partial charge in [-0.2, -0.15) is 4.98 Å². The van der Waals surface area contributed by atoms with Crippen molar-refractivity contribution in [2.24, 2.45) is 0 Å². The number of hydrogen-bond acceptors (Lipinski definition) is 4. The van der Waals surface area contributed by atoms with E-state index in [1.165, 1.54) is 5.56 Å². The molecule has 3 aromatic carbocycles. The lowest BCUT2D eigenvalue weighted by Gasteiger charge is -2.17. The molecule has 0 spiro atoms. The van der Waals surface area contributed by atoms with Gasteiger partial charge < -0.3 is 9.15 Å². The molecule has 1 atom stereocenters. The molecule has 0 radical (unpaired) electrons. The van der Waals surface area contributed by atoms with Crippen molar-refractivity contribution in [3.63, 3.8) is 0 Å². The molecule has 0 aliphatic rings. The number of fused-ring (bicyclic) bond motifs is 3. The van der Waals surface area contributed by atoms with E-state index in [9.17, 15) is 0 Å². The van der Waals surface area contributed by atoms with Gasteiger partial charge in [0.1, 0.15) is 22.7 Å². The van der Waals surface area contributed by atoms with Crippen molar-refractivity contribution in [1.82, 2.24) is 9.97 Å². The number of aryl methyl sites for hydroxylation is 1. The van der Waals surface area contributed by atoms with Crippen LogP contribution in [0.2, 0.25) is 5.02 Å². The molecule has 31 heavy (non-hydrogen) atoms. The Hall–Kier alpha value is -3.37. The molecular weight excluding hydrogens is 408 g/mol. The number of hydrogen-bond donors (Lipinski definition) is 0. The molecule has 154 valence electrons. The topological polar surface area (TPSA) is 48.2 Å². The highest BCUT2D eigenvalue weighted by Gasteiger charge is 2.20. The van der Waals surface area contributed by atoms with Crippen molar-refractivity contribution in [3.05, 3.63) is 94.8 Å². The van der Waals surface area contributed by atoms with Gasteiger partial charge in [-0.1, -0.05) is 67.9 Å². The van der Waals surface area contributed by atoms with Crippen molar-refractivity contribution in [2.75, 3.05) is 0 Å². The molecule has 2 aromatic heterocycles. The van der Waals surface area contributed by atoms with Gasteiger partial charge in [0.05, 0.1) is 0 Å². The Labute approximate surface area is 185 Å². The van der Waals surface area contributed by atoms with E-state index < -0.39 is 0 Å². The molecule has 5 rings (SSSR count). The van der Waals surface area contributed by atoms with Crippen molar-refractivity contribution < 1.29 is 9.15 Å². The van der Waals surface area contributed by atoms with Crippen molar-refractivity contribution in [1.29, 1.82) is 0 Å². The van der Waals surface area contributed by atoms with Gasteiger partial charge in [-0.15, -0.1) is 0 Å². The Morgan fingerprint density at radius 1 is 0.968 bits per heavy atom. The fourth-order valence-corrected chi connectivity index (χ4v) is 3.99. The maximum absolute atomic E-state index is 6.39. The summed E-state index contributed by atoms with van der Waals surface area (Å²) < 4.78 is 12.5. The fraction of sp³-hybridized carbons (Fsp3) is 0.154. The Morgan fingerprint density at radius 3 is 2.55 bits per heavy atom. The van der Waals surface area contributed by atoms with Crippen LogP contribution in [0.5, 0.6) is 11.6 Å². The van der Waals surface area contributed by atoms with Crippen molar-refractivity contribution in [3.8, 4) is 11.6 Å². The van der Waals surface area contributed by atoms with E-state index in [-0.39, 0.29) is 5.92 Å². The van der Waals surface area contributed by atoms with Crippen LogP contribution >= 0.6 is 11.6 Å². The summed E-state index contributed by atoms with van der Waals surface area (Å²) in [7, 11) is 0. The van der Waals surface area contributed by atoms with Crippen LogP contribution in [0, 0.1) is 0 Å². The van der Waals surface area contributed by atoms with E-state index in [0.29, 0.717) is 34.5 Å². The second kappa shape index (κ2) is 8.05. The minimum atomic E-state index is 0.0912. The van der Waals surface area contributed by atoms with Crippen LogP contribution < -0.4 is 4.74 Å². The lowest BCUT2D eigenvalue weighted by Crippen LogP contribution is -2.02. The molecule has 2 heterocycles. The third-order valence-electron chi connectivity index (χ3n) is 5.50. The van der Waals surface area contributed by atoms with E-state index >= 15 is 0 Å². The monoisotopic (exact) mass is 428 g/mol. The number of halogens is 1. The highest BCUT2D eigenvalue weighted by Crippen LogP contribution is 2.39. The number of nitrogens with zero attached hydrogens (tertiary/aromatic N) is 2. The molecule has 5 heteroatoms. The quantitative estimate of drug-likeness (QED) is 0.290. The largest absolute Gasteiger partial charge is 0.449 e. The van der Waals surface area contributed by atoms with E-state index in [1.54, 1.807) is 0 Å². The smallest absolute Gasteiger partial charge is 0.267 e. The van der Waals surface area contributed by atoms with Gasteiger partial charge in [0.2, 0.25) is 5.58 Å². The first-order chi connectivity index (χ1) is 15.1. The molecule has 0 bridgehead atoms. The average Bonchev–Trinajstić information content (AvgIpc) is 3.19. The van der Waals surface area contributed by atoms with Crippen LogP contribution in [-0.4, -0.2) is 9.97 Å².